The fourth-order valence-corrected chi connectivity index (χ4v) is 9.82. The minimum absolute atomic E-state index is 0.0225. The first-order chi connectivity index (χ1) is 28.3. The van der Waals surface area contributed by atoms with Gasteiger partial charge in [0.05, 0.1) is 39.3 Å². The van der Waals surface area contributed by atoms with Crippen molar-refractivity contribution >= 4 is 71.5 Å². The van der Waals surface area contributed by atoms with E-state index in [9.17, 15) is 0 Å². The smallest absolute Gasteiger partial charge is 0.234 e. The van der Waals surface area contributed by atoms with Crippen molar-refractivity contribution in [1.29, 1.82) is 0 Å². The Hall–Kier alpha value is -7.57. The zero-order valence-corrected chi connectivity index (χ0v) is 30.7. The molecular weight excluding hydrogens is 697 g/mol. The van der Waals surface area contributed by atoms with Crippen LogP contribution in [-0.4, -0.2) is 30.0 Å². The number of allylic oxidation sites excluding steroid dienone is 2. The number of benzene rings is 7. The Balaban J connectivity index is 1.13. The van der Waals surface area contributed by atoms with Crippen molar-refractivity contribution in [1.82, 2.24) is 23.9 Å². The highest BCUT2D eigenvalue weighted by molar-refractivity contribution is 6.23. The van der Waals surface area contributed by atoms with Crippen molar-refractivity contribution < 1.29 is 0 Å². The third kappa shape index (κ3) is 4.21. The molecule has 2 aliphatic rings. The first kappa shape index (κ1) is 30.7. The lowest BCUT2D eigenvalue weighted by Gasteiger charge is -2.27. The minimum Gasteiger partial charge on any atom is -0.308 e. The fraction of sp³-hybridized carbons (Fsp3) is 0.0392. The molecule has 0 fully saturated rings. The summed E-state index contributed by atoms with van der Waals surface area (Å²) in [7, 11) is 0. The molecule has 1 aliphatic heterocycles. The summed E-state index contributed by atoms with van der Waals surface area (Å²) in [5, 5.41) is 7.50. The Bertz CT molecular complexity index is 3430. The van der Waals surface area contributed by atoms with Crippen molar-refractivity contribution in [2.45, 2.75) is 12.0 Å². The SMILES string of the molecule is C1=CC2c3ccc4c5ccccc5n(-c5ccc6c7cccc8c9ccccc9n(c6c5)c87)c4c3N(c3nc(-c4ccccc4)nc(-c4ccccc4)n3)C2C=C1. The van der Waals surface area contributed by atoms with Crippen LogP contribution in [0, 0.1) is 0 Å². The van der Waals surface area contributed by atoms with Gasteiger partial charge in [-0.15, -0.1) is 0 Å². The molecule has 2 atom stereocenters. The van der Waals surface area contributed by atoms with Crippen molar-refractivity contribution in [3.8, 4) is 28.5 Å². The molecule has 0 amide bonds. The lowest BCUT2D eigenvalue weighted by molar-refractivity contribution is 0.728. The van der Waals surface area contributed by atoms with Crippen LogP contribution in [0.25, 0.3) is 88.4 Å². The summed E-state index contributed by atoms with van der Waals surface area (Å²) in [4.78, 5) is 18.1. The number of rotatable bonds is 4. The second-order valence-corrected chi connectivity index (χ2v) is 15.2. The number of anilines is 2. The van der Waals surface area contributed by atoms with Gasteiger partial charge in [-0.3, -0.25) is 0 Å². The van der Waals surface area contributed by atoms with Crippen LogP contribution in [0.3, 0.4) is 0 Å². The summed E-state index contributed by atoms with van der Waals surface area (Å²) in [5.74, 6) is 2.05. The van der Waals surface area contributed by atoms with Crippen LogP contribution >= 0.6 is 0 Å². The Morgan fingerprint density at radius 3 is 1.75 bits per heavy atom. The third-order valence-corrected chi connectivity index (χ3v) is 12.2. The van der Waals surface area contributed by atoms with E-state index in [0.29, 0.717) is 17.6 Å². The van der Waals surface area contributed by atoms with Gasteiger partial charge < -0.3 is 13.9 Å². The Morgan fingerprint density at radius 1 is 0.439 bits per heavy atom. The Morgan fingerprint density at radius 2 is 1.02 bits per heavy atom. The van der Waals surface area contributed by atoms with E-state index in [1.54, 1.807) is 0 Å². The molecule has 0 saturated heterocycles. The average molecular weight is 729 g/mol. The maximum atomic E-state index is 5.31. The normalized spacial score (nSPS) is 16.2. The molecule has 13 rings (SSSR count). The van der Waals surface area contributed by atoms with E-state index < -0.39 is 0 Å². The van der Waals surface area contributed by atoms with E-state index in [1.165, 1.54) is 54.4 Å². The molecule has 2 unspecified atom stereocenters. The highest BCUT2D eigenvalue weighted by Crippen LogP contribution is 2.52. The van der Waals surface area contributed by atoms with E-state index >= 15 is 0 Å². The lowest BCUT2D eigenvalue weighted by Crippen LogP contribution is -2.30. The zero-order valence-electron chi connectivity index (χ0n) is 30.7. The number of hydrogen-bond donors (Lipinski definition) is 0. The van der Waals surface area contributed by atoms with Crippen LogP contribution in [0.1, 0.15) is 11.5 Å². The van der Waals surface area contributed by atoms with Crippen molar-refractivity contribution in [3.63, 3.8) is 0 Å². The molecule has 0 radical (unpaired) electrons. The largest absolute Gasteiger partial charge is 0.308 e. The van der Waals surface area contributed by atoms with Gasteiger partial charge in [-0.25, -0.2) is 4.98 Å². The van der Waals surface area contributed by atoms with Gasteiger partial charge >= 0.3 is 0 Å². The molecule has 7 aromatic carbocycles. The monoisotopic (exact) mass is 728 g/mol. The van der Waals surface area contributed by atoms with Crippen LogP contribution in [0.5, 0.6) is 0 Å². The van der Waals surface area contributed by atoms with Crippen LogP contribution in [0.4, 0.5) is 11.6 Å². The summed E-state index contributed by atoms with van der Waals surface area (Å²) >= 11 is 0. The predicted molar refractivity (Wildman–Crippen MR) is 233 cm³/mol. The summed E-state index contributed by atoms with van der Waals surface area (Å²) < 4.78 is 4.94. The average Bonchev–Trinajstić information content (AvgIpc) is 4.01. The van der Waals surface area contributed by atoms with Crippen molar-refractivity contribution in [2.24, 2.45) is 0 Å². The first-order valence-corrected chi connectivity index (χ1v) is 19.5. The van der Waals surface area contributed by atoms with E-state index in [-0.39, 0.29) is 12.0 Å². The predicted octanol–water partition coefficient (Wildman–Crippen LogP) is 12.2. The second kappa shape index (κ2) is 11.5. The molecule has 0 N–H and O–H groups in total. The van der Waals surface area contributed by atoms with Gasteiger partial charge in [-0.05, 0) is 29.8 Å². The van der Waals surface area contributed by atoms with Crippen molar-refractivity contribution in [3.05, 3.63) is 188 Å². The van der Waals surface area contributed by atoms with Gasteiger partial charge in [0.2, 0.25) is 5.95 Å². The van der Waals surface area contributed by atoms with Gasteiger partial charge in [0, 0.05) is 55.0 Å². The molecular formula is C51H32N6. The summed E-state index contributed by atoms with van der Waals surface area (Å²) in [5.41, 5.74) is 11.4. The number of fused-ring (bicyclic) bond motifs is 13. The highest BCUT2D eigenvalue weighted by Gasteiger charge is 2.41. The number of hydrogen-bond acceptors (Lipinski definition) is 4. The first-order valence-electron chi connectivity index (χ1n) is 19.5. The number of para-hydroxylation sites is 3. The third-order valence-electron chi connectivity index (χ3n) is 12.2. The fourth-order valence-electron chi connectivity index (χ4n) is 9.82. The van der Waals surface area contributed by atoms with E-state index in [4.69, 9.17) is 15.0 Å². The Labute approximate surface area is 327 Å². The van der Waals surface area contributed by atoms with Gasteiger partial charge in [0.1, 0.15) is 0 Å². The maximum absolute atomic E-state index is 5.31. The van der Waals surface area contributed by atoms with Crippen LogP contribution in [-0.2, 0) is 0 Å². The quantitative estimate of drug-likeness (QED) is 0.181. The molecule has 1 aliphatic carbocycles. The topological polar surface area (TPSA) is 51.2 Å². The van der Waals surface area contributed by atoms with Crippen molar-refractivity contribution in [2.75, 3.05) is 4.90 Å². The molecule has 5 heterocycles. The highest BCUT2D eigenvalue weighted by atomic mass is 15.3. The molecule has 0 spiro atoms. The summed E-state index contributed by atoms with van der Waals surface area (Å²) in [6, 6.07) is 56.4. The lowest BCUT2D eigenvalue weighted by atomic mass is 9.91. The van der Waals surface area contributed by atoms with E-state index in [1.807, 2.05) is 36.4 Å². The second-order valence-electron chi connectivity index (χ2n) is 15.2. The van der Waals surface area contributed by atoms with Crippen LogP contribution in [0.2, 0.25) is 0 Å². The molecule has 6 nitrogen and oxygen atoms in total. The zero-order chi connectivity index (χ0) is 37.2. The number of aromatic nitrogens is 5. The molecule has 0 saturated carbocycles. The van der Waals surface area contributed by atoms with E-state index in [2.05, 4.69) is 159 Å². The molecule has 0 bridgehead atoms. The molecule has 57 heavy (non-hydrogen) atoms. The Kier molecular flexibility index (Phi) is 6.19. The summed E-state index contributed by atoms with van der Waals surface area (Å²) in [6.45, 7) is 0. The molecule has 266 valence electrons. The van der Waals surface area contributed by atoms with Gasteiger partial charge in [-0.2, -0.15) is 9.97 Å². The van der Waals surface area contributed by atoms with Gasteiger partial charge in [0.15, 0.2) is 11.6 Å². The minimum atomic E-state index is -0.0225. The van der Waals surface area contributed by atoms with Gasteiger partial charge in [-0.1, -0.05) is 158 Å². The van der Waals surface area contributed by atoms with Crippen LogP contribution < -0.4 is 4.90 Å². The van der Waals surface area contributed by atoms with Gasteiger partial charge in [0.25, 0.3) is 0 Å². The van der Waals surface area contributed by atoms with E-state index in [0.717, 1.165) is 33.5 Å². The molecule has 6 heteroatoms. The van der Waals surface area contributed by atoms with Crippen LogP contribution in [0.15, 0.2) is 182 Å². The maximum Gasteiger partial charge on any atom is 0.234 e. The molecule has 4 aromatic heterocycles. The molecule has 11 aromatic rings. The summed E-state index contributed by atoms with van der Waals surface area (Å²) in [6.07, 6.45) is 8.96. The number of nitrogens with zero attached hydrogens (tertiary/aromatic N) is 6. The standard InChI is InChI=1S/C51H32N6/c1-3-14-31(15-4-1)49-52-50(32-16-5-2-6-17-32)54-51(53-49)57-44-25-12-9-20-36(44)41-29-28-40-35-19-7-10-23-42(35)55(47(40)48(41)57)33-26-27-37-39-22-13-21-38-34-18-8-11-24-43(34)56(46(38)39)45(37)30-33/h1-30,36,44H.